The number of nitrogens with two attached hydrogens (primary N) is 1. The van der Waals surface area contributed by atoms with Crippen molar-refractivity contribution in [1.82, 2.24) is 4.98 Å². The van der Waals surface area contributed by atoms with E-state index < -0.39 is 0 Å². The Bertz CT molecular complexity index is 428. The van der Waals surface area contributed by atoms with Crippen molar-refractivity contribution < 1.29 is 4.74 Å². The van der Waals surface area contributed by atoms with E-state index in [1.54, 1.807) is 0 Å². The van der Waals surface area contributed by atoms with Gasteiger partial charge in [0.1, 0.15) is 0 Å². The van der Waals surface area contributed by atoms with Crippen LogP contribution in [0.3, 0.4) is 0 Å². The molecule has 3 rings (SSSR count). The Kier molecular flexibility index (Phi) is 3.12. The fourth-order valence-electron chi connectivity index (χ4n) is 3.39. The number of ether oxygens (including phenoxy) is 1. The lowest BCUT2D eigenvalue weighted by Gasteiger charge is -2.48. The monoisotopic (exact) mass is 246 g/mol. The summed E-state index contributed by atoms with van der Waals surface area (Å²) < 4.78 is 5.98. The summed E-state index contributed by atoms with van der Waals surface area (Å²) >= 11 is 0. The Morgan fingerprint density at radius 2 is 2.33 bits per heavy atom. The summed E-state index contributed by atoms with van der Waals surface area (Å²) in [6.45, 7) is 2.92. The first-order valence-corrected chi connectivity index (χ1v) is 7.01. The Labute approximate surface area is 109 Å². The molecule has 1 aromatic rings. The number of nitrogens with zero attached hydrogens (tertiary/aromatic N) is 1. The van der Waals surface area contributed by atoms with Crippen molar-refractivity contribution in [1.29, 1.82) is 0 Å². The highest BCUT2D eigenvalue weighted by molar-refractivity contribution is 5.23. The maximum atomic E-state index is 6.47. The van der Waals surface area contributed by atoms with Gasteiger partial charge in [0.15, 0.2) is 0 Å². The van der Waals surface area contributed by atoms with Crippen LogP contribution in [-0.2, 0) is 4.74 Å². The standard InChI is InChI=1S/C15H22N2O/c1-11-13(4-2-8-17-11)14(16)12-5-9-18-15(10-12)6-3-7-15/h2,4,8,12,14H,3,5-7,9-10,16H2,1H3. The lowest BCUT2D eigenvalue weighted by Crippen LogP contribution is -2.47. The maximum Gasteiger partial charge on any atom is 0.0686 e. The normalized spacial score (nSPS) is 27.8. The molecule has 1 aliphatic heterocycles. The zero-order chi connectivity index (χ0) is 12.6. The summed E-state index contributed by atoms with van der Waals surface area (Å²) in [7, 11) is 0. The molecule has 2 unspecified atom stereocenters. The van der Waals surface area contributed by atoms with Crippen LogP contribution in [0.1, 0.15) is 49.4 Å². The Balaban J connectivity index is 1.76. The topological polar surface area (TPSA) is 48.1 Å². The quantitative estimate of drug-likeness (QED) is 0.873. The van der Waals surface area contributed by atoms with E-state index in [2.05, 4.69) is 11.1 Å². The molecular weight excluding hydrogens is 224 g/mol. The molecule has 2 fully saturated rings. The highest BCUT2D eigenvalue weighted by atomic mass is 16.5. The second-order valence-electron chi connectivity index (χ2n) is 5.84. The van der Waals surface area contributed by atoms with E-state index in [0.717, 1.165) is 25.1 Å². The molecule has 1 saturated carbocycles. The molecule has 1 aromatic heterocycles. The lowest BCUT2D eigenvalue weighted by molar-refractivity contribution is -0.146. The molecule has 2 aliphatic rings. The number of hydrogen-bond donors (Lipinski definition) is 1. The third-order valence-electron chi connectivity index (χ3n) is 4.71. The molecule has 0 aromatic carbocycles. The van der Waals surface area contributed by atoms with Gasteiger partial charge >= 0.3 is 0 Å². The van der Waals surface area contributed by atoms with Crippen LogP contribution >= 0.6 is 0 Å². The summed E-state index contributed by atoms with van der Waals surface area (Å²) in [4.78, 5) is 4.35. The summed E-state index contributed by atoms with van der Waals surface area (Å²) in [5, 5.41) is 0. The van der Waals surface area contributed by atoms with Crippen molar-refractivity contribution in [2.45, 2.75) is 50.7 Å². The SMILES string of the molecule is Cc1ncccc1C(N)C1CCOC2(CCC2)C1. The smallest absolute Gasteiger partial charge is 0.0686 e. The maximum absolute atomic E-state index is 6.47. The van der Waals surface area contributed by atoms with Gasteiger partial charge < -0.3 is 10.5 Å². The summed E-state index contributed by atoms with van der Waals surface area (Å²) in [5.41, 5.74) is 8.93. The fourth-order valence-corrected chi connectivity index (χ4v) is 3.39. The van der Waals surface area contributed by atoms with Gasteiger partial charge in [-0.15, -0.1) is 0 Å². The molecule has 2 heterocycles. The first-order chi connectivity index (χ1) is 8.70. The van der Waals surface area contributed by atoms with Gasteiger partial charge in [-0.05, 0) is 56.6 Å². The molecule has 3 nitrogen and oxygen atoms in total. The van der Waals surface area contributed by atoms with Crippen molar-refractivity contribution in [2.24, 2.45) is 11.7 Å². The Morgan fingerprint density at radius 3 is 3.00 bits per heavy atom. The van der Waals surface area contributed by atoms with Gasteiger partial charge in [-0.25, -0.2) is 0 Å². The van der Waals surface area contributed by atoms with E-state index in [9.17, 15) is 0 Å². The molecule has 3 heteroatoms. The second-order valence-corrected chi connectivity index (χ2v) is 5.84. The van der Waals surface area contributed by atoms with Gasteiger partial charge in [-0.1, -0.05) is 6.07 Å². The number of hydrogen-bond acceptors (Lipinski definition) is 3. The molecule has 98 valence electrons. The van der Waals surface area contributed by atoms with Gasteiger partial charge in [0.05, 0.1) is 5.60 Å². The molecule has 18 heavy (non-hydrogen) atoms. The van der Waals surface area contributed by atoms with Crippen LogP contribution in [0.5, 0.6) is 0 Å². The van der Waals surface area contributed by atoms with Crippen LogP contribution in [-0.4, -0.2) is 17.2 Å². The van der Waals surface area contributed by atoms with Crippen molar-refractivity contribution in [3.63, 3.8) is 0 Å². The number of rotatable bonds is 2. The van der Waals surface area contributed by atoms with E-state index >= 15 is 0 Å². The van der Waals surface area contributed by atoms with Crippen LogP contribution in [0.2, 0.25) is 0 Å². The zero-order valence-electron chi connectivity index (χ0n) is 11.1. The Hall–Kier alpha value is -0.930. The van der Waals surface area contributed by atoms with E-state index in [1.165, 1.54) is 24.8 Å². The predicted octanol–water partition coefficient (Wildman–Crippen LogP) is 2.74. The van der Waals surface area contributed by atoms with Crippen LogP contribution in [0.25, 0.3) is 0 Å². The first-order valence-electron chi connectivity index (χ1n) is 7.01. The minimum atomic E-state index is 0.111. The van der Waals surface area contributed by atoms with Gasteiger partial charge in [0, 0.05) is 24.5 Å². The van der Waals surface area contributed by atoms with E-state index in [4.69, 9.17) is 10.5 Å². The van der Waals surface area contributed by atoms with Crippen LogP contribution in [0.4, 0.5) is 0 Å². The number of aromatic nitrogens is 1. The lowest BCUT2D eigenvalue weighted by atomic mass is 9.70. The third kappa shape index (κ3) is 2.06. The van der Waals surface area contributed by atoms with Crippen LogP contribution in [0.15, 0.2) is 18.3 Å². The largest absolute Gasteiger partial charge is 0.375 e. The minimum absolute atomic E-state index is 0.111. The third-order valence-corrected chi connectivity index (χ3v) is 4.71. The van der Waals surface area contributed by atoms with Crippen molar-refractivity contribution in [2.75, 3.05) is 6.61 Å². The zero-order valence-corrected chi connectivity index (χ0v) is 11.1. The van der Waals surface area contributed by atoms with Crippen LogP contribution in [0, 0.1) is 12.8 Å². The van der Waals surface area contributed by atoms with Crippen LogP contribution < -0.4 is 5.73 Å². The first kappa shape index (κ1) is 12.1. The molecule has 2 N–H and O–H groups in total. The highest BCUT2D eigenvalue weighted by Gasteiger charge is 2.44. The molecule has 2 atom stereocenters. The summed E-state index contributed by atoms with van der Waals surface area (Å²) in [6.07, 6.45) is 7.81. The van der Waals surface area contributed by atoms with Crippen molar-refractivity contribution in [3.05, 3.63) is 29.6 Å². The van der Waals surface area contributed by atoms with Gasteiger partial charge in [-0.2, -0.15) is 0 Å². The highest BCUT2D eigenvalue weighted by Crippen LogP contribution is 2.46. The van der Waals surface area contributed by atoms with E-state index in [-0.39, 0.29) is 11.6 Å². The Morgan fingerprint density at radius 1 is 1.50 bits per heavy atom. The van der Waals surface area contributed by atoms with Gasteiger partial charge in [0.25, 0.3) is 0 Å². The molecule has 0 bridgehead atoms. The van der Waals surface area contributed by atoms with Gasteiger partial charge in [0.2, 0.25) is 0 Å². The minimum Gasteiger partial charge on any atom is -0.375 e. The number of aryl methyl sites for hydroxylation is 1. The fraction of sp³-hybridized carbons (Fsp3) is 0.667. The second kappa shape index (κ2) is 4.63. The predicted molar refractivity (Wildman–Crippen MR) is 71.2 cm³/mol. The molecule has 1 aliphatic carbocycles. The summed E-state index contributed by atoms with van der Waals surface area (Å²) in [5.74, 6) is 0.543. The average molecular weight is 246 g/mol. The molecule has 1 spiro atoms. The molecule has 0 amide bonds. The van der Waals surface area contributed by atoms with E-state index in [0.29, 0.717) is 5.92 Å². The van der Waals surface area contributed by atoms with Gasteiger partial charge in [-0.3, -0.25) is 4.98 Å². The van der Waals surface area contributed by atoms with Crippen molar-refractivity contribution >= 4 is 0 Å². The average Bonchev–Trinajstić information content (AvgIpc) is 2.37. The molecule has 0 radical (unpaired) electrons. The molecular formula is C15H22N2O. The van der Waals surface area contributed by atoms with Crippen molar-refractivity contribution in [3.8, 4) is 0 Å². The molecule has 1 saturated heterocycles. The van der Waals surface area contributed by atoms with E-state index in [1.807, 2.05) is 19.2 Å². The number of pyridine rings is 1. The summed E-state index contributed by atoms with van der Waals surface area (Å²) in [6, 6.07) is 4.22.